The van der Waals surface area contributed by atoms with Gasteiger partial charge in [-0.15, -0.1) is 17.7 Å². The minimum Gasteiger partial charge on any atom is -0.517 e. The Bertz CT molecular complexity index is 1360. The number of benzene rings is 2. The van der Waals surface area contributed by atoms with Crippen LogP contribution in [0.25, 0.3) is 33.8 Å². The maximum Gasteiger partial charge on any atom is 0.102 e. The van der Waals surface area contributed by atoms with Gasteiger partial charge in [0.15, 0.2) is 0 Å². The summed E-state index contributed by atoms with van der Waals surface area (Å²) in [5, 5.41) is 12.1. The van der Waals surface area contributed by atoms with Crippen LogP contribution in [0.3, 0.4) is 0 Å². The first kappa shape index (κ1) is 22.9. The summed E-state index contributed by atoms with van der Waals surface area (Å²) in [4.78, 5) is 14.0. The first-order chi connectivity index (χ1) is 15.8. The Morgan fingerprint density at radius 3 is 2.24 bits per heavy atom. The summed E-state index contributed by atoms with van der Waals surface area (Å²) in [5.41, 5.74) is 4.57. The second-order valence-electron chi connectivity index (χ2n) is 7.04. The normalized spacial score (nSPS) is 10.4. The van der Waals surface area contributed by atoms with Gasteiger partial charge in [0, 0.05) is 44.3 Å². The molecule has 6 heteroatoms. The molecule has 33 heavy (non-hydrogen) atoms. The number of pyridine rings is 3. The molecule has 3 heterocycles. The van der Waals surface area contributed by atoms with Crippen LogP contribution in [0.1, 0.15) is 0 Å². The van der Waals surface area contributed by atoms with E-state index >= 15 is 0 Å². The van der Waals surface area contributed by atoms with E-state index in [0.29, 0.717) is 17.0 Å². The van der Waals surface area contributed by atoms with Gasteiger partial charge in [-0.2, -0.15) is 0 Å². The van der Waals surface area contributed by atoms with Crippen molar-refractivity contribution in [3.05, 3.63) is 109 Å². The predicted molar refractivity (Wildman–Crippen MR) is 127 cm³/mol. The molecule has 4 nitrogen and oxygen atoms in total. The second kappa shape index (κ2) is 10.6. The molecular formula is C27H18N3OPtS-. The maximum atomic E-state index is 10.4. The van der Waals surface area contributed by atoms with Crippen molar-refractivity contribution in [1.29, 1.82) is 0 Å². The van der Waals surface area contributed by atoms with Gasteiger partial charge in [-0.25, -0.2) is 4.98 Å². The van der Waals surface area contributed by atoms with Crippen LogP contribution in [0.4, 0.5) is 0 Å². The number of hydrogen-bond donors (Lipinski definition) is 1. The molecule has 0 aliphatic carbocycles. The Balaban J connectivity index is 0.00000259. The van der Waals surface area contributed by atoms with Gasteiger partial charge in [-0.1, -0.05) is 84.1 Å². The molecule has 0 aliphatic heterocycles. The molecule has 0 bridgehead atoms. The summed E-state index contributed by atoms with van der Waals surface area (Å²) in [6.07, 6.45) is 1.77. The number of aromatic hydroxyl groups is 1. The van der Waals surface area contributed by atoms with Crippen LogP contribution in [-0.2, 0) is 21.1 Å². The molecule has 1 N–H and O–H groups in total. The third-order valence-electron chi connectivity index (χ3n) is 4.84. The fraction of sp³-hybridized carbons (Fsp3) is 0. The molecule has 0 fully saturated rings. The zero-order valence-corrected chi connectivity index (χ0v) is 20.4. The number of phenols is 1. The van der Waals surface area contributed by atoms with Gasteiger partial charge in [0.2, 0.25) is 0 Å². The van der Waals surface area contributed by atoms with Gasteiger partial charge in [-0.3, -0.25) is 9.97 Å². The summed E-state index contributed by atoms with van der Waals surface area (Å²) < 4.78 is 0. The fourth-order valence-corrected chi connectivity index (χ4v) is 4.09. The standard InChI is InChI=1S/C27H18N3OS.Pt/c31-25-13-5-4-11-21(25)20-17-23(19-9-2-1-3-10-19)29-24(18-20)22-12-8-15-27(30-22)32-26-14-6-7-16-28-26;/h1-17,31H;/q-1;. The van der Waals surface area contributed by atoms with Gasteiger partial charge in [0.1, 0.15) is 5.03 Å². The third-order valence-corrected chi connectivity index (χ3v) is 5.73. The van der Waals surface area contributed by atoms with Crippen molar-refractivity contribution in [3.63, 3.8) is 0 Å². The smallest absolute Gasteiger partial charge is 0.102 e. The average Bonchev–Trinajstić information content (AvgIpc) is 2.85. The first-order valence-corrected chi connectivity index (χ1v) is 10.9. The van der Waals surface area contributed by atoms with E-state index in [-0.39, 0.29) is 26.8 Å². The largest absolute Gasteiger partial charge is 0.517 e. The van der Waals surface area contributed by atoms with Crippen LogP contribution >= 0.6 is 11.8 Å². The Kier molecular flexibility index (Phi) is 7.33. The van der Waals surface area contributed by atoms with E-state index in [1.165, 1.54) is 11.8 Å². The number of nitrogens with zero attached hydrogens (tertiary/aromatic N) is 3. The molecule has 0 aliphatic rings. The predicted octanol–water partition coefficient (Wildman–Crippen LogP) is 6.53. The summed E-state index contributed by atoms with van der Waals surface area (Å²) in [6.45, 7) is 0. The molecule has 3 aromatic heterocycles. The molecule has 0 amide bonds. The van der Waals surface area contributed by atoms with Crippen molar-refractivity contribution < 1.29 is 26.2 Å². The average molecular weight is 628 g/mol. The van der Waals surface area contributed by atoms with Gasteiger partial charge in [-0.05, 0) is 29.8 Å². The molecule has 0 unspecified atom stereocenters. The number of para-hydroxylation sites is 1. The number of aromatic nitrogens is 3. The van der Waals surface area contributed by atoms with Gasteiger partial charge >= 0.3 is 0 Å². The Labute approximate surface area is 211 Å². The van der Waals surface area contributed by atoms with Crippen molar-refractivity contribution in [2.45, 2.75) is 10.1 Å². The van der Waals surface area contributed by atoms with E-state index in [0.717, 1.165) is 26.9 Å². The molecule has 5 aromatic rings. The van der Waals surface area contributed by atoms with Crippen LogP contribution in [0, 0.1) is 6.07 Å². The molecule has 164 valence electrons. The molecule has 0 radical (unpaired) electrons. The minimum atomic E-state index is 0. The van der Waals surface area contributed by atoms with Crippen molar-refractivity contribution >= 4 is 11.8 Å². The Morgan fingerprint density at radius 2 is 1.45 bits per heavy atom. The van der Waals surface area contributed by atoms with E-state index in [1.54, 1.807) is 18.3 Å². The van der Waals surface area contributed by atoms with Gasteiger partial charge in [0.05, 0.1) is 10.8 Å². The van der Waals surface area contributed by atoms with Crippen molar-refractivity contribution in [1.82, 2.24) is 15.0 Å². The number of phenolic OH excluding ortho intramolecular Hbond substituents is 1. The zero-order chi connectivity index (χ0) is 21.8. The van der Waals surface area contributed by atoms with E-state index in [1.807, 2.05) is 84.9 Å². The summed E-state index contributed by atoms with van der Waals surface area (Å²) >= 11 is 1.50. The summed E-state index contributed by atoms with van der Waals surface area (Å²) in [6, 6.07) is 34.2. The Morgan fingerprint density at radius 1 is 0.697 bits per heavy atom. The van der Waals surface area contributed by atoms with Crippen LogP contribution in [-0.4, -0.2) is 20.1 Å². The summed E-state index contributed by atoms with van der Waals surface area (Å²) in [7, 11) is 0. The van der Waals surface area contributed by atoms with Crippen LogP contribution in [0.5, 0.6) is 5.75 Å². The third kappa shape index (κ3) is 5.39. The quantitative estimate of drug-likeness (QED) is 0.225. The SMILES string of the molecule is Oc1ccccc1-c1[c-]c(-c2cccc(Sc3ccccn3)n2)nc(-c2ccccc2)c1.[Pt]. The van der Waals surface area contributed by atoms with Crippen LogP contribution in [0.15, 0.2) is 113 Å². The first-order valence-electron chi connectivity index (χ1n) is 10.1. The van der Waals surface area contributed by atoms with Gasteiger partial charge in [0.25, 0.3) is 0 Å². The second-order valence-corrected chi connectivity index (χ2v) is 8.08. The molecule has 5 rings (SSSR count). The maximum absolute atomic E-state index is 10.4. The number of rotatable bonds is 5. The van der Waals surface area contributed by atoms with E-state index in [2.05, 4.69) is 11.1 Å². The van der Waals surface area contributed by atoms with Crippen molar-refractivity contribution in [3.8, 4) is 39.5 Å². The summed E-state index contributed by atoms with van der Waals surface area (Å²) in [5.74, 6) is 0.201. The van der Waals surface area contributed by atoms with E-state index in [9.17, 15) is 5.11 Å². The van der Waals surface area contributed by atoms with E-state index < -0.39 is 0 Å². The van der Waals surface area contributed by atoms with Crippen molar-refractivity contribution in [2.24, 2.45) is 0 Å². The van der Waals surface area contributed by atoms with Crippen LogP contribution in [0.2, 0.25) is 0 Å². The molecule has 2 aromatic carbocycles. The zero-order valence-electron chi connectivity index (χ0n) is 17.3. The number of hydrogen-bond acceptors (Lipinski definition) is 5. The molecular weight excluding hydrogens is 609 g/mol. The molecule has 0 saturated heterocycles. The topological polar surface area (TPSA) is 58.9 Å². The van der Waals surface area contributed by atoms with E-state index in [4.69, 9.17) is 9.97 Å². The monoisotopic (exact) mass is 627 g/mol. The van der Waals surface area contributed by atoms with Gasteiger partial charge < -0.3 is 5.11 Å². The van der Waals surface area contributed by atoms with Crippen LogP contribution < -0.4 is 0 Å². The minimum absolute atomic E-state index is 0. The fourth-order valence-electron chi connectivity index (χ4n) is 3.32. The molecule has 0 spiro atoms. The molecule has 0 atom stereocenters. The van der Waals surface area contributed by atoms with Crippen molar-refractivity contribution in [2.75, 3.05) is 0 Å². The molecule has 0 saturated carbocycles. The Hall–Kier alpha value is -3.27.